The van der Waals surface area contributed by atoms with Gasteiger partial charge in [0.1, 0.15) is 18.0 Å². The van der Waals surface area contributed by atoms with Gasteiger partial charge in [0.25, 0.3) is 0 Å². The summed E-state index contributed by atoms with van der Waals surface area (Å²) in [6, 6.07) is 15.3. The summed E-state index contributed by atoms with van der Waals surface area (Å²) in [5.74, 6) is 0.0971. The smallest absolute Gasteiger partial charge is 0.338 e. The van der Waals surface area contributed by atoms with E-state index in [-0.39, 0.29) is 30.5 Å². The standard InChI is InChI=1S/C35H41ClFN3O5/c1-35(2,3)45-34(42)24-12-14-30(31(18-24)38-20-27-15-16-43-27)39-32(41)17-22-7-9-23(10-8-22)29-5-4-6-33(40-29)44-21-25-11-13-26(36)19-28(25)37/h4-6,11-14,18-19,22-23,27,38H,7-10,15-17,20-21H2,1-3H3,(H,39,41)/t22?,23?,27-/m0/s1. The number of pyridine rings is 1. The molecule has 1 saturated heterocycles. The summed E-state index contributed by atoms with van der Waals surface area (Å²) in [6.07, 6.45) is 5.14. The van der Waals surface area contributed by atoms with E-state index in [9.17, 15) is 14.0 Å². The number of benzene rings is 2. The van der Waals surface area contributed by atoms with E-state index in [1.165, 1.54) is 6.07 Å². The molecule has 3 aromatic rings. The minimum absolute atomic E-state index is 0.0608. The molecule has 2 N–H and O–H groups in total. The van der Waals surface area contributed by atoms with Crippen LogP contribution in [0, 0.1) is 11.7 Å². The van der Waals surface area contributed by atoms with Crippen molar-refractivity contribution < 1.29 is 28.2 Å². The number of carbonyl (C=O) groups excluding carboxylic acids is 2. The number of rotatable bonds is 11. The zero-order valence-electron chi connectivity index (χ0n) is 26.0. The van der Waals surface area contributed by atoms with E-state index in [1.807, 2.05) is 32.9 Å². The summed E-state index contributed by atoms with van der Waals surface area (Å²) in [6.45, 7) is 6.89. The fraction of sp³-hybridized carbons (Fsp3) is 0.457. The number of hydrogen-bond acceptors (Lipinski definition) is 7. The van der Waals surface area contributed by atoms with Gasteiger partial charge in [-0.1, -0.05) is 23.7 Å². The number of esters is 1. The molecule has 0 bridgehead atoms. The van der Waals surface area contributed by atoms with Crippen LogP contribution in [0.3, 0.4) is 0 Å². The van der Waals surface area contributed by atoms with E-state index in [1.54, 1.807) is 36.4 Å². The molecule has 0 spiro atoms. The van der Waals surface area contributed by atoms with Crippen LogP contribution in [0.15, 0.2) is 54.6 Å². The third-order valence-corrected chi connectivity index (χ3v) is 8.35. The van der Waals surface area contributed by atoms with Gasteiger partial charge in [-0.05, 0) is 95.2 Å². The molecule has 8 nitrogen and oxygen atoms in total. The van der Waals surface area contributed by atoms with Gasteiger partial charge in [-0.15, -0.1) is 0 Å². The van der Waals surface area contributed by atoms with Crippen molar-refractivity contribution in [2.45, 2.75) is 83.5 Å². The van der Waals surface area contributed by atoms with E-state index in [0.717, 1.165) is 44.4 Å². The molecule has 1 atom stereocenters. The highest BCUT2D eigenvalue weighted by molar-refractivity contribution is 6.30. The molecule has 1 amide bonds. The van der Waals surface area contributed by atoms with Crippen molar-refractivity contribution in [2.75, 3.05) is 23.8 Å². The Hall–Kier alpha value is -3.69. The number of anilines is 2. The van der Waals surface area contributed by atoms with Crippen LogP contribution in [0.1, 0.15) is 86.8 Å². The summed E-state index contributed by atoms with van der Waals surface area (Å²) in [5, 5.41) is 6.75. The first-order chi connectivity index (χ1) is 21.5. The van der Waals surface area contributed by atoms with Crippen LogP contribution in [-0.4, -0.2) is 41.7 Å². The van der Waals surface area contributed by atoms with E-state index in [0.29, 0.717) is 46.4 Å². The number of nitrogens with zero attached hydrogens (tertiary/aromatic N) is 1. The van der Waals surface area contributed by atoms with Crippen LogP contribution in [-0.2, 0) is 20.9 Å². The van der Waals surface area contributed by atoms with Crippen molar-refractivity contribution in [3.63, 3.8) is 0 Å². The molecule has 1 aromatic heterocycles. The Morgan fingerprint density at radius 3 is 2.49 bits per heavy atom. The van der Waals surface area contributed by atoms with Crippen molar-refractivity contribution in [3.8, 4) is 5.88 Å². The Morgan fingerprint density at radius 1 is 1.02 bits per heavy atom. The molecular formula is C35H41ClFN3O5. The summed E-state index contributed by atoms with van der Waals surface area (Å²) in [7, 11) is 0. The lowest BCUT2D eigenvalue weighted by atomic mass is 9.79. The molecule has 0 unspecified atom stereocenters. The van der Waals surface area contributed by atoms with Gasteiger partial charge in [0, 0.05) is 47.8 Å². The highest BCUT2D eigenvalue weighted by Gasteiger charge is 2.26. The van der Waals surface area contributed by atoms with E-state index >= 15 is 0 Å². The van der Waals surface area contributed by atoms with Crippen LogP contribution in [0.2, 0.25) is 5.02 Å². The number of hydrogen-bond donors (Lipinski definition) is 2. The lowest BCUT2D eigenvalue weighted by Gasteiger charge is -2.28. The van der Waals surface area contributed by atoms with Gasteiger partial charge in [0.05, 0.1) is 23.0 Å². The minimum atomic E-state index is -0.609. The van der Waals surface area contributed by atoms with Crippen LogP contribution in [0.25, 0.3) is 0 Å². The topological polar surface area (TPSA) is 98.8 Å². The largest absolute Gasteiger partial charge is 0.473 e. The molecule has 2 aliphatic rings. The number of halogens is 2. The molecule has 1 aliphatic heterocycles. The van der Waals surface area contributed by atoms with Crippen molar-refractivity contribution in [1.82, 2.24) is 4.98 Å². The maximum absolute atomic E-state index is 14.1. The number of carbonyl (C=O) groups is 2. The zero-order valence-corrected chi connectivity index (χ0v) is 26.8. The Morgan fingerprint density at radius 2 is 1.80 bits per heavy atom. The van der Waals surface area contributed by atoms with E-state index in [2.05, 4.69) is 10.6 Å². The third kappa shape index (κ3) is 9.41. The van der Waals surface area contributed by atoms with Crippen molar-refractivity contribution in [1.29, 1.82) is 0 Å². The molecule has 5 rings (SSSR count). The predicted molar refractivity (Wildman–Crippen MR) is 172 cm³/mol. The Kier molecular flexibility index (Phi) is 10.6. The average Bonchev–Trinajstić information content (AvgIpc) is 2.96. The first kappa shape index (κ1) is 32.7. The molecule has 2 heterocycles. The second-order valence-corrected chi connectivity index (χ2v) is 13.3. The van der Waals surface area contributed by atoms with Crippen LogP contribution in [0.5, 0.6) is 5.88 Å². The first-order valence-electron chi connectivity index (χ1n) is 15.6. The Bertz CT molecular complexity index is 1500. The fourth-order valence-corrected chi connectivity index (χ4v) is 5.75. The zero-order chi connectivity index (χ0) is 32.0. The van der Waals surface area contributed by atoms with Gasteiger partial charge < -0.3 is 24.8 Å². The molecule has 1 saturated carbocycles. The summed E-state index contributed by atoms with van der Waals surface area (Å²) < 4.78 is 31.0. The van der Waals surface area contributed by atoms with Gasteiger partial charge in [0.15, 0.2) is 0 Å². The molecule has 240 valence electrons. The number of aromatic nitrogens is 1. The normalized spacial score (nSPS) is 19.7. The predicted octanol–water partition coefficient (Wildman–Crippen LogP) is 7.91. The van der Waals surface area contributed by atoms with Gasteiger partial charge in [0.2, 0.25) is 11.8 Å². The SMILES string of the molecule is CC(C)(C)OC(=O)c1ccc(NC(=O)CC2CCC(c3cccc(OCc4ccc(Cl)cc4F)n3)CC2)c(NC[C@@H]2CCO2)c1. The second-order valence-electron chi connectivity index (χ2n) is 12.8. The van der Waals surface area contributed by atoms with Crippen LogP contribution in [0.4, 0.5) is 15.8 Å². The van der Waals surface area contributed by atoms with Crippen molar-refractivity contribution >= 4 is 34.9 Å². The average molecular weight is 638 g/mol. The van der Waals surface area contributed by atoms with Crippen molar-refractivity contribution in [2.24, 2.45) is 5.92 Å². The van der Waals surface area contributed by atoms with Gasteiger partial charge in [-0.3, -0.25) is 4.79 Å². The molecule has 1 aliphatic carbocycles. The van der Waals surface area contributed by atoms with Gasteiger partial charge in [-0.2, -0.15) is 0 Å². The summed E-state index contributed by atoms with van der Waals surface area (Å²) in [4.78, 5) is 30.5. The maximum Gasteiger partial charge on any atom is 0.338 e. The summed E-state index contributed by atoms with van der Waals surface area (Å²) in [5.41, 5.74) is 2.46. The number of ether oxygens (including phenoxy) is 3. The lowest BCUT2D eigenvalue weighted by molar-refractivity contribution is -0.117. The van der Waals surface area contributed by atoms with Crippen LogP contribution < -0.4 is 15.4 Å². The molecule has 2 aromatic carbocycles. The van der Waals surface area contributed by atoms with Crippen LogP contribution >= 0.6 is 11.6 Å². The highest BCUT2D eigenvalue weighted by Crippen LogP contribution is 2.37. The molecule has 0 radical (unpaired) electrons. The second kappa shape index (κ2) is 14.6. The number of amides is 1. The third-order valence-electron chi connectivity index (χ3n) is 8.12. The Labute approximate surface area is 269 Å². The quantitative estimate of drug-likeness (QED) is 0.206. The molecule has 2 fully saturated rings. The fourth-order valence-electron chi connectivity index (χ4n) is 5.59. The number of nitrogens with one attached hydrogen (secondary N) is 2. The highest BCUT2D eigenvalue weighted by atomic mass is 35.5. The first-order valence-corrected chi connectivity index (χ1v) is 16.0. The maximum atomic E-state index is 14.1. The molecule has 10 heteroatoms. The molecular weight excluding hydrogens is 597 g/mol. The van der Waals surface area contributed by atoms with Gasteiger partial charge >= 0.3 is 5.97 Å². The lowest BCUT2D eigenvalue weighted by Crippen LogP contribution is -2.33. The van der Waals surface area contributed by atoms with Gasteiger partial charge in [-0.25, -0.2) is 14.2 Å². The van der Waals surface area contributed by atoms with E-state index < -0.39 is 17.4 Å². The minimum Gasteiger partial charge on any atom is -0.473 e. The Balaban J connectivity index is 1.14. The van der Waals surface area contributed by atoms with E-state index in [4.69, 9.17) is 30.8 Å². The summed E-state index contributed by atoms with van der Waals surface area (Å²) >= 11 is 5.84. The molecule has 45 heavy (non-hydrogen) atoms. The van der Waals surface area contributed by atoms with Crippen molar-refractivity contribution in [3.05, 3.63) is 82.3 Å². The monoisotopic (exact) mass is 637 g/mol.